The van der Waals surface area contributed by atoms with Crippen LogP contribution in [0.2, 0.25) is 0 Å². The Morgan fingerprint density at radius 2 is 1.79 bits per heavy atom. The van der Waals surface area contributed by atoms with Crippen molar-refractivity contribution in [2.24, 2.45) is 0 Å². The van der Waals surface area contributed by atoms with Crippen molar-refractivity contribution < 1.29 is 17.5 Å². The molecule has 0 bridgehead atoms. The fraction of sp³-hybridized carbons (Fsp3) is 0.421. The monoisotopic (exact) mass is 475 g/mol. The van der Waals surface area contributed by atoms with E-state index in [0.29, 0.717) is 32.3 Å². The van der Waals surface area contributed by atoms with Crippen molar-refractivity contribution in [3.8, 4) is 11.4 Å². The highest BCUT2D eigenvalue weighted by Gasteiger charge is 2.30. The summed E-state index contributed by atoms with van der Waals surface area (Å²) in [6.45, 7) is 4.24. The minimum atomic E-state index is -3.82. The molecule has 12 nitrogen and oxygen atoms in total. The van der Waals surface area contributed by atoms with Crippen LogP contribution in [0.5, 0.6) is 0 Å². The zero-order valence-corrected chi connectivity index (χ0v) is 18.4. The Balaban J connectivity index is 1.30. The highest BCUT2D eigenvalue weighted by atomic mass is 32.2. The number of ether oxygens (including phenoxy) is 1. The van der Waals surface area contributed by atoms with E-state index in [9.17, 15) is 12.8 Å². The molecule has 14 heteroatoms. The van der Waals surface area contributed by atoms with E-state index in [1.807, 2.05) is 11.0 Å². The van der Waals surface area contributed by atoms with Crippen LogP contribution in [0.4, 0.5) is 16.2 Å². The molecule has 0 saturated carbocycles. The van der Waals surface area contributed by atoms with Crippen molar-refractivity contribution in [3.63, 3.8) is 0 Å². The van der Waals surface area contributed by atoms with Gasteiger partial charge in [0.05, 0.1) is 23.7 Å². The van der Waals surface area contributed by atoms with Crippen LogP contribution in [0.1, 0.15) is 0 Å². The Bertz CT molecular complexity index is 1210. The molecule has 2 aromatic heterocycles. The molecule has 0 unspecified atom stereocenters. The Labute approximate surface area is 189 Å². The van der Waals surface area contributed by atoms with Gasteiger partial charge >= 0.3 is 0 Å². The molecule has 0 spiro atoms. The lowest BCUT2D eigenvalue weighted by Crippen LogP contribution is -2.49. The Morgan fingerprint density at radius 3 is 2.52 bits per heavy atom. The summed E-state index contributed by atoms with van der Waals surface area (Å²) < 4.78 is 47.4. The lowest BCUT2D eigenvalue weighted by Gasteiger charge is -2.35. The smallest absolute Gasteiger partial charge is 0.243 e. The van der Waals surface area contributed by atoms with Gasteiger partial charge in [-0.2, -0.15) is 14.5 Å². The second-order valence-corrected chi connectivity index (χ2v) is 9.52. The van der Waals surface area contributed by atoms with E-state index in [0.717, 1.165) is 25.0 Å². The first kappa shape index (κ1) is 21.6. The maximum atomic E-state index is 14.2. The summed E-state index contributed by atoms with van der Waals surface area (Å²) in [6, 6.07) is 5.41. The summed E-state index contributed by atoms with van der Waals surface area (Å²) in [4.78, 5) is 13.1. The third kappa shape index (κ3) is 4.36. The molecule has 2 aliphatic heterocycles. The molecule has 0 radical (unpaired) electrons. The molecule has 2 saturated heterocycles. The molecule has 1 N–H and O–H groups in total. The molecule has 2 fully saturated rings. The number of aromatic amines is 1. The highest BCUT2D eigenvalue weighted by molar-refractivity contribution is 7.89. The van der Waals surface area contributed by atoms with E-state index in [4.69, 9.17) is 4.74 Å². The van der Waals surface area contributed by atoms with Crippen LogP contribution in [0, 0.1) is 5.82 Å². The van der Waals surface area contributed by atoms with E-state index in [2.05, 4.69) is 35.5 Å². The van der Waals surface area contributed by atoms with Crippen molar-refractivity contribution in [2.45, 2.75) is 4.90 Å². The first-order valence-electron chi connectivity index (χ1n) is 10.5. The van der Waals surface area contributed by atoms with Crippen molar-refractivity contribution in [1.82, 2.24) is 34.9 Å². The minimum absolute atomic E-state index is 0.00537. The average molecular weight is 476 g/mol. The average Bonchev–Trinajstić information content (AvgIpc) is 3.40. The van der Waals surface area contributed by atoms with Crippen LogP contribution in [-0.4, -0.2) is 95.8 Å². The highest BCUT2D eigenvalue weighted by Crippen LogP contribution is 2.26. The predicted molar refractivity (Wildman–Crippen MR) is 116 cm³/mol. The molecule has 1 aromatic carbocycles. The lowest BCUT2D eigenvalue weighted by molar-refractivity contribution is 0.122. The molecule has 33 heavy (non-hydrogen) atoms. The zero-order chi connectivity index (χ0) is 22.8. The molecular formula is C19H22FN9O3S. The van der Waals surface area contributed by atoms with Gasteiger partial charge in [-0.15, -0.1) is 10.2 Å². The van der Waals surface area contributed by atoms with Gasteiger partial charge in [0.25, 0.3) is 0 Å². The lowest BCUT2D eigenvalue weighted by atomic mass is 10.2. The third-order valence-corrected chi connectivity index (χ3v) is 7.54. The van der Waals surface area contributed by atoms with Crippen LogP contribution in [0.3, 0.4) is 0 Å². The van der Waals surface area contributed by atoms with E-state index in [1.54, 1.807) is 6.20 Å². The first-order chi connectivity index (χ1) is 16.0. The summed E-state index contributed by atoms with van der Waals surface area (Å²) in [7, 11) is -3.82. The number of nitrogens with one attached hydrogen (secondary N) is 1. The van der Waals surface area contributed by atoms with E-state index in [-0.39, 0.29) is 29.4 Å². The summed E-state index contributed by atoms with van der Waals surface area (Å²) >= 11 is 0. The quantitative estimate of drug-likeness (QED) is 0.543. The standard InChI is InChI=1S/C19H22FN9O3S/c20-16-2-1-14(13-15(16)18-23-25-26-24-18)33(30,31)29-7-5-27(6-8-29)17-3-4-21-19(22-17)28-9-11-32-12-10-28/h1-4,13H,5-12H2,(H,23,24,25,26). The van der Waals surface area contributed by atoms with Crippen molar-refractivity contribution in [2.75, 3.05) is 62.3 Å². The van der Waals surface area contributed by atoms with Crippen LogP contribution in [0.25, 0.3) is 11.4 Å². The largest absolute Gasteiger partial charge is 0.378 e. The van der Waals surface area contributed by atoms with Gasteiger partial charge in [-0.25, -0.2) is 17.8 Å². The number of piperazine rings is 1. The number of aromatic nitrogens is 6. The summed E-state index contributed by atoms with van der Waals surface area (Å²) in [6.07, 6.45) is 1.72. The first-order valence-corrected chi connectivity index (χ1v) is 11.9. The third-order valence-electron chi connectivity index (χ3n) is 5.65. The Kier molecular flexibility index (Phi) is 5.86. The topological polar surface area (TPSA) is 133 Å². The van der Waals surface area contributed by atoms with Gasteiger partial charge < -0.3 is 14.5 Å². The fourth-order valence-corrected chi connectivity index (χ4v) is 5.30. The van der Waals surface area contributed by atoms with Gasteiger partial charge in [0.2, 0.25) is 21.8 Å². The summed E-state index contributed by atoms with van der Waals surface area (Å²) in [5, 5.41) is 13.1. The molecule has 174 valence electrons. The maximum absolute atomic E-state index is 14.2. The number of H-pyrrole nitrogens is 1. The summed E-state index contributed by atoms with van der Waals surface area (Å²) in [5.74, 6) is 0.769. The number of anilines is 2. The normalized spacial score (nSPS) is 18.0. The number of nitrogens with zero attached hydrogens (tertiary/aromatic N) is 8. The van der Waals surface area contributed by atoms with Crippen molar-refractivity contribution in [3.05, 3.63) is 36.3 Å². The van der Waals surface area contributed by atoms with Gasteiger partial charge in [0, 0.05) is 45.5 Å². The number of halogens is 1. The molecule has 5 rings (SSSR count). The molecule has 2 aliphatic rings. The van der Waals surface area contributed by atoms with E-state index in [1.165, 1.54) is 16.4 Å². The van der Waals surface area contributed by atoms with Gasteiger partial charge in [-0.1, -0.05) is 0 Å². The molecular weight excluding hydrogens is 453 g/mol. The van der Waals surface area contributed by atoms with Crippen LogP contribution < -0.4 is 9.80 Å². The zero-order valence-electron chi connectivity index (χ0n) is 17.6. The van der Waals surface area contributed by atoms with Gasteiger partial charge in [-0.05, 0) is 29.5 Å². The number of hydrogen-bond acceptors (Lipinski definition) is 10. The number of hydrogen-bond donors (Lipinski definition) is 1. The van der Waals surface area contributed by atoms with Crippen molar-refractivity contribution in [1.29, 1.82) is 0 Å². The minimum Gasteiger partial charge on any atom is -0.378 e. The Morgan fingerprint density at radius 1 is 1.00 bits per heavy atom. The van der Waals surface area contributed by atoms with Gasteiger partial charge in [0.1, 0.15) is 11.6 Å². The molecule has 0 amide bonds. The number of rotatable bonds is 5. The van der Waals surface area contributed by atoms with Crippen molar-refractivity contribution >= 4 is 21.8 Å². The SMILES string of the molecule is O=S(=O)(c1ccc(F)c(-c2nn[nH]n2)c1)N1CCN(c2ccnc(N3CCOCC3)n2)CC1. The van der Waals surface area contributed by atoms with Crippen LogP contribution in [0.15, 0.2) is 35.4 Å². The summed E-state index contributed by atoms with van der Waals surface area (Å²) in [5.41, 5.74) is -0.0277. The second-order valence-electron chi connectivity index (χ2n) is 7.58. The van der Waals surface area contributed by atoms with E-state index >= 15 is 0 Å². The number of benzene rings is 1. The van der Waals surface area contributed by atoms with Crippen LogP contribution >= 0.6 is 0 Å². The molecule has 0 aliphatic carbocycles. The number of sulfonamides is 1. The predicted octanol–water partition coefficient (Wildman–Crippen LogP) is 0.143. The van der Waals surface area contributed by atoms with Gasteiger partial charge in [0.15, 0.2) is 0 Å². The molecule has 3 aromatic rings. The number of morpholine rings is 1. The number of tetrazole rings is 1. The second kappa shape index (κ2) is 8.96. The van der Waals surface area contributed by atoms with E-state index < -0.39 is 15.8 Å². The maximum Gasteiger partial charge on any atom is 0.243 e. The fourth-order valence-electron chi connectivity index (χ4n) is 3.85. The molecule has 4 heterocycles. The molecule has 0 atom stereocenters. The Hall–Kier alpha value is -3.23. The van der Waals surface area contributed by atoms with Gasteiger partial charge in [-0.3, -0.25) is 0 Å². The van der Waals surface area contributed by atoms with Crippen LogP contribution in [-0.2, 0) is 14.8 Å².